The predicted octanol–water partition coefficient (Wildman–Crippen LogP) is 11.7. The van der Waals surface area contributed by atoms with E-state index in [4.69, 9.17) is 28.4 Å². The molecule has 14 nitrogen and oxygen atoms in total. The van der Waals surface area contributed by atoms with E-state index in [1.807, 2.05) is 0 Å². The fraction of sp³-hybridized carbons (Fsp3) is 0.887. The normalized spacial score (nSPS) is 24.6. The molecule has 7 N–H and O–H groups in total. The Morgan fingerprint density at radius 2 is 0.816 bits per heavy atom. The molecule has 2 aliphatic heterocycles. The van der Waals surface area contributed by atoms with Gasteiger partial charge in [-0.25, -0.2) is 0 Å². The highest BCUT2D eigenvalue weighted by Gasteiger charge is 2.47. The Hall–Kier alpha value is -1.79. The molecule has 2 aliphatic rings. The highest BCUT2D eigenvalue weighted by Crippen LogP contribution is 2.27. The van der Waals surface area contributed by atoms with E-state index in [1.165, 1.54) is 167 Å². The summed E-state index contributed by atoms with van der Waals surface area (Å²) in [4.78, 5) is 13.1. The molecule has 2 rings (SSSR count). The zero-order valence-electron chi connectivity index (χ0n) is 48.0. The van der Waals surface area contributed by atoms with Gasteiger partial charge in [-0.3, -0.25) is 4.79 Å². The summed E-state index contributed by atoms with van der Waals surface area (Å²) in [6, 6.07) is 0. The number of esters is 1. The molecule has 0 spiro atoms. The quantitative estimate of drug-likeness (QED) is 0.0172. The van der Waals surface area contributed by atoms with E-state index in [0.717, 1.165) is 57.8 Å². The van der Waals surface area contributed by atoms with Crippen molar-refractivity contribution in [2.75, 3.05) is 33.0 Å². The largest absolute Gasteiger partial charge is 0.457 e. The lowest BCUT2D eigenvalue weighted by Gasteiger charge is -2.42. The van der Waals surface area contributed by atoms with Gasteiger partial charge >= 0.3 is 5.97 Å². The standard InChI is InChI=1S/C62H114O14/c1-3-5-7-9-11-13-15-17-19-21-23-25-26-28-30-32-34-36-38-40-42-44-46-71-48-51(74-54(64)45-43-41-39-37-35-33-31-29-27-24-22-20-18-16-14-12-10-8-6-4-2)49-72-61-60(70)58(68)56(66)53(76-61)50-73-62-59(69)57(67)55(65)52(47-63)75-62/h15,17,21,23,26,28,51-53,55-63,65-70H,3-14,16,18-20,22,24-25,27,29-50H2,1-2H3/b17-15-,23-21-,28-26-. The maximum Gasteiger partial charge on any atom is 0.306 e. The van der Waals surface area contributed by atoms with Crippen LogP contribution in [0.25, 0.3) is 0 Å². The van der Waals surface area contributed by atoms with Gasteiger partial charge in [0.2, 0.25) is 0 Å². The zero-order chi connectivity index (χ0) is 55.1. The molecule has 2 saturated heterocycles. The fourth-order valence-electron chi connectivity index (χ4n) is 9.88. The molecule has 2 heterocycles. The molecule has 446 valence electrons. The zero-order valence-corrected chi connectivity index (χ0v) is 48.0. The van der Waals surface area contributed by atoms with E-state index in [9.17, 15) is 40.5 Å². The number of ether oxygens (including phenoxy) is 6. The second-order valence-electron chi connectivity index (χ2n) is 21.9. The van der Waals surface area contributed by atoms with Crippen molar-refractivity contribution in [2.45, 2.75) is 319 Å². The maximum atomic E-state index is 13.1. The highest BCUT2D eigenvalue weighted by atomic mass is 16.7. The van der Waals surface area contributed by atoms with Crippen LogP contribution in [0.1, 0.15) is 251 Å². The third kappa shape index (κ3) is 35.1. The van der Waals surface area contributed by atoms with Crippen molar-refractivity contribution < 1.29 is 69.0 Å². The number of aliphatic hydroxyl groups excluding tert-OH is 7. The van der Waals surface area contributed by atoms with Gasteiger partial charge in [-0.15, -0.1) is 0 Å². The van der Waals surface area contributed by atoms with Gasteiger partial charge in [-0.2, -0.15) is 0 Å². The van der Waals surface area contributed by atoms with Crippen LogP contribution in [0.5, 0.6) is 0 Å². The molecule has 11 atom stereocenters. The van der Waals surface area contributed by atoms with Crippen molar-refractivity contribution >= 4 is 5.97 Å². The second kappa shape index (κ2) is 49.1. The van der Waals surface area contributed by atoms with Gasteiger partial charge in [-0.1, -0.05) is 230 Å². The number of allylic oxidation sites excluding steroid dienone is 6. The third-order valence-corrected chi connectivity index (χ3v) is 14.9. The number of carbonyl (C=O) groups excluding carboxylic acids is 1. The molecule has 2 fully saturated rings. The minimum Gasteiger partial charge on any atom is -0.457 e. The summed E-state index contributed by atoms with van der Waals surface area (Å²) >= 11 is 0. The fourth-order valence-corrected chi connectivity index (χ4v) is 9.88. The van der Waals surface area contributed by atoms with E-state index >= 15 is 0 Å². The van der Waals surface area contributed by atoms with E-state index in [0.29, 0.717) is 13.0 Å². The molecular weight excluding hydrogens is 969 g/mol. The Bertz CT molecular complexity index is 1400. The van der Waals surface area contributed by atoms with Crippen LogP contribution < -0.4 is 0 Å². The number of unbranched alkanes of at least 4 members (excludes halogenated alkanes) is 31. The molecule has 76 heavy (non-hydrogen) atoms. The summed E-state index contributed by atoms with van der Waals surface area (Å²) < 4.78 is 34.5. The number of aliphatic hydroxyl groups is 7. The van der Waals surface area contributed by atoms with Crippen molar-refractivity contribution in [3.05, 3.63) is 36.5 Å². The molecule has 0 aromatic rings. The highest BCUT2D eigenvalue weighted by molar-refractivity contribution is 5.69. The maximum absolute atomic E-state index is 13.1. The third-order valence-electron chi connectivity index (χ3n) is 14.9. The Balaban J connectivity index is 1.70. The molecule has 0 bridgehead atoms. The number of hydrogen-bond donors (Lipinski definition) is 7. The van der Waals surface area contributed by atoms with Gasteiger partial charge in [0.25, 0.3) is 0 Å². The minimum absolute atomic E-state index is 0.0578. The first kappa shape index (κ1) is 70.3. The first-order valence-corrected chi connectivity index (χ1v) is 31.1. The molecule has 0 radical (unpaired) electrons. The van der Waals surface area contributed by atoms with E-state index < -0.39 is 80.7 Å². The van der Waals surface area contributed by atoms with Crippen LogP contribution >= 0.6 is 0 Å². The minimum atomic E-state index is -1.71. The van der Waals surface area contributed by atoms with Crippen molar-refractivity contribution in [3.8, 4) is 0 Å². The van der Waals surface area contributed by atoms with Crippen LogP contribution in [0, 0.1) is 0 Å². The van der Waals surface area contributed by atoms with Gasteiger partial charge in [-0.05, 0) is 51.4 Å². The summed E-state index contributed by atoms with van der Waals surface area (Å²) in [5.74, 6) is -0.375. The predicted molar refractivity (Wildman–Crippen MR) is 303 cm³/mol. The topological polar surface area (TPSA) is 214 Å². The van der Waals surface area contributed by atoms with Crippen molar-refractivity contribution in [1.82, 2.24) is 0 Å². The van der Waals surface area contributed by atoms with Crippen LogP contribution in [0.15, 0.2) is 36.5 Å². The average molecular weight is 1080 g/mol. The van der Waals surface area contributed by atoms with Gasteiger partial charge < -0.3 is 64.2 Å². The lowest BCUT2D eigenvalue weighted by molar-refractivity contribution is -0.332. The van der Waals surface area contributed by atoms with E-state index in [-0.39, 0.29) is 25.6 Å². The number of carbonyl (C=O) groups is 1. The summed E-state index contributed by atoms with van der Waals surface area (Å²) in [7, 11) is 0. The number of rotatable bonds is 51. The summed E-state index contributed by atoms with van der Waals surface area (Å²) in [5.41, 5.74) is 0. The van der Waals surface area contributed by atoms with Crippen LogP contribution in [0.3, 0.4) is 0 Å². The molecule has 0 saturated carbocycles. The van der Waals surface area contributed by atoms with Crippen molar-refractivity contribution in [1.29, 1.82) is 0 Å². The summed E-state index contributed by atoms with van der Waals surface area (Å²) in [6.07, 6.45) is 42.0. The Kier molecular flexibility index (Phi) is 45.4. The van der Waals surface area contributed by atoms with Gasteiger partial charge in [0.1, 0.15) is 54.9 Å². The van der Waals surface area contributed by atoms with Crippen molar-refractivity contribution in [3.63, 3.8) is 0 Å². The smallest absolute Gasteiger partial charge is 0.306 e. The lowest BCUT2D eigenvalue weighted by atomic mass is 9.98. The van der Waals surface area contributed by atoms with E-state index in [1.54, 1.807) is 0 Å². The van der Waals surface area contributed by atoms with Crippen LogP contribution in [0.4, 0.5) is 0 Å². The molecule has 14 heteroatoms. The monoisotopic (exact) mass is 1080 g/mol. The van der Waals surface area contributed by atoms with Crippen LogP contribution in [-0.4, -0.2) is 142 Å². The Labute approximate surface area is 461 Å². The molecule has 11 unspecified atom stereocenters. The van der Waals surface area contributed by atoms with Crippen LogP contribution in [0.2, 0.25) is 0 Å². The number of hydrogen-bond acceptors (Lipinski definition) is 14. The SMILES string of the molecule is CCCCCCC/C=C\C/C=C\C/C=C\CCCCCCCCCOCC(COC1OC(COC2OC(CO)C(O)C(O)C2O)C(O)C(O)C1O)OC(=O)CCCCCCCCCCCCCCCCCCCCCC. The van der Waals surface area contributed by atoms with E-state index in [2.05, 4.69) is 50.3 Å². The van der Waals surface area contributed by atoms with Gasteiger partial charge in [0.15, 0.2) is 12.6 Å². The van der Waals surface area contributed by atoms with Gasteiger partial charge in [0.05, 0.1) is 26.4 Å². The summed E-state index contributed by atoms with van der Waals surface area (Å²) in [5, 5.41) is 72.4. The molecule has 0 aliphatic carbocycles. The van der Waals surface area contributed by atoms with Gasteiger partial charge in [0, 0.05) is 13.0 Å². The lowest BCUT2D eigenvalue weighted by Crippen LogP contribution is -2.61. The Morgan fingerprint density at radius 3 is 1.28 bits per heavy atom. The molecular formula is C62H114O14. The Morgan fingerprint density at radius 1 is 0.434 bits per heavy atom. The molecule has 0 aromatic carbocycles. The first-order chi connectivity index (χ1) is 37.1. The van der Waals surface area contributed by atoms with Crippen LogP contribution in [-0.2, 0) is 33.2 Å². The average Bonchev–Trinajstić information content (AvgIpc) is 3.42. The summed E-state index contributed by atoms with van der Waals surface area (Å²) in [6.45, 7) is 3.70. The molecule has 0 amide bonds. The molecule has 0 aromatic heterocycles. The first-order valence-electron chi connectivity index (χ1n) is 31.1. The van der Waals surface area contributed by atoms with Crippen molar-refractivity contribution in [2.24, 2.45) is 0 Å². The second-order valence-corrected chi connectivity index (χ2v) is 21.9.